The van der Waals surface area contributed by atoms with Crippen LogP contribution in [0.5, 0.6) is 0 Å². The second-order valence-electron chi connectivity index (χ2n) is 10.4. The molecule has 4 heterocycles. The van der Waals surface area contributed by atoms with Gasteiger partial charge in [0.15, 0.2) is 27.9 Å². The monoisotopic (exact) mass is 524 g/mol. The molecule has 1 aliphatic heterocycles. The number of nitrogens with zero attached hydrogens (tertiary/aromatic N) is 6. The van der Waals surface area contributed by atoms with Gasteiger partial charge in [0.05, 0.1) is 12.0 Å². The van der Waals surface area contributed by atoms with E-state index in [1.165, 1.54) is 0 Å². The van der Waals surface area contributed by atoms with Crippen LogP contribution < -0.4 is 10.6 Å². The number of rotatable bonds is 9. The van der Waals surface area contributed by atoms with Crippen LogP contribution in [-0.2, 0) is 20.8 Å². The molecule has 2 saturated carbocycles. The van der Waals surface area contributed by atoms with E-state index in [0.29, 0.717) is 35.3 Å². The average Bonchev–Trinajstić information content (AvgIpc) is 3.37. The highest BCUT2D eigenvalue weighted by atomic mass is 32.2. The van der Waals surface area contributed by atoms with Crippen molar-refractivity contribution in [1.29, 1.82) is 0 Å². The zero-order valence-electron chi connectivity index (χ0n) is 21.3. The molecular formula is C25H32N8O3S. The predicted molar refractivity (Wildman–Crippen MR) is 138 cm³/mol. The van der Waals surface area contributed by atoms with Gasteiger partial charge < -0.3 is 20.1 Å². The van der Waals surface area contributed by atoms with Gasteiger partial charge in [-0.2, -0.15) is 0 Å². The van der Waals surface area contributed by atoms with Crippen molar-refractivity contribution in [3.63, 3.8) is 0 Å². The number of pyridine rings is 1. The Kier molecular flexibility index (Phi) is 6.49. The van der Waals surface area contributed by atoms with E-state index in [0.717, 1.165) is 36.4 Å². The zero-order chi connectivity index (χ0) is 25.6. The summed E-state index contributed by atoms with van der Waals surface area (Å²) in [5, 5.41) is 16.3. The van der Waals surface area contributed by atoms with E-state index in [4.69, 9.17) is 19.4 Å². The van der Waals surface area contributed by atoms with E-state index in [1.54, 1.807) is 24.2 Å². The quantitative estimate of drug-likeness (QED) is 0.318. The van der Waals surface area contributed by atoms with Crippen LogP contribution in [-0.4, -0.2) is 65.6 Å². The number of nitrogens with one attached hydrogen (secondary N) is 2. The molecule has 4 unspecified atom stereocenters. The number of carbonyl (C=O) groups excluding carboxylic acids is 1. The van der Waals surface area contributed by atoms with Crippen LogP contribution in [0.2, 0.25) is 0 Å². The van der Waals surface area contributed by atoms with Gasteiger partial charge in [-0.15, -0.1) is 5.10 Å². The fraction of sp³-hybridized carbons (Fsp3) is 0.600. The zero-order valence-corrected chi connectivity index (χ0v) is 22.1. The molecule has 12 heteroatoms. The minimum absolute atomic E-state index is 0.0649. The summed E-state index contributed by atoms with van der Waals surface area (Å²) in [6.07, 6.45) is 6.49. The summed E-state index contributed by atoms with van der Waals surface area (Å²) in [5.74, 6) is 0.392. The van der Waals surface area contributed by atoms with Crippen molar-refractivity contribution in [2.75, 3.05) is 11.1 Å². The summed E-state index contributed by atoms with van der Waals surface area (Å²) in [6, 6.07) is 3.95. The van der Waals surface area contributed by atoms with Crippen LogP contribution in [0.1, 0.15) is 58.1 Å². The first kappa shape index (κ1) is 24.5. The Morgan fingerprint density at radius 1 is 1.19 bits per heavy atom. The molecular weight excluding hydrogens is 492 g/mol. The largest absolute Gasteiger partial charge is 0.365 e. The van der Waals surface area contributed by atoms with Crippen molar-refractivity contribution in [3.8, 4) is 0 Å². The predicted octanol–water partition coefficient (Wildman–Crippen LogP) is 3.09. The Bertz CT molecular complexity index is 1280. The smallest absolute Gasteiger partial charge is 0.226 e. The molecule has 11 nitrogen and oxygen atoms in total. The fourth-order valence-corrected chi connectivity index (χ4v) is 5.78. The van der Waals surface area contributed by atoms with Gasteiger partial charge in [-0.05, 0) is 57.2 Å². The van der Waals surface area contributed by atoms with Gasteiger partial charge >= 0.3 is 0 Å². The summed E-state index contributed by atoms with van der Waals surface area (Å²) in [6.45, 7) is 6.33. The molecule has 3 fully saturated rings. The maximum atomic E-state index is 13.4. The summed E-state index contributed by atoms with van der Waals surface area (Å²) in [5.41, 5.74) is 2.30. The highest BCUT2D eigenvalue weighted by molar-refractivity contribution is 7.99. The fourth-order valence-electron chi connectivity index (χ4n) is 5.08. The van der Waals surface area contributed by atoms with Crippen LogP contribution in [0.4, 0.5) is 5.82 Å². The van der Waals surface area contributed by atoms with Gasteiger partial charge in [0.25, 0.3) is 0 Å². The standard InChI is InChI=1S/C25H32N8O3S/c1-4-11-37-24-29-21(28-15-5-6-15)18-22(30-24)33(32-31-18)17-12-16(19-20(17)36-25(2,3)35-19)23(34)27-13-14-7-9-26-10-8-14/h7-10,15-17,19-20H,4-6,11-13H2,1-3H3,(H,27,34)(H,28,29,30). The van der Waals surface area contributed by atoms with Crippen molar-refractivity contribution in [1.82, 2.24) is 35.3 Å². The summed E-state index contributed by atoms with van der Waals surface area (Å²) in [7, 11) is 0. The number of carbonyl (C=O) groups is 1. The minimum atomic E-state index is -0.802. The van der Waals surface area contributed by atoms with Crippen molar-refractivity contribution in [3.05, 3.63) is 30.1 Å². The van der Waals surface area contributed by atoms with Crippen LogP contribution in [0.3, 0.4) is 0 Å². The van der Waals surface area contributed by atoms with Crippen molar-refractivity contribution >= 4 is 34.7 Å². The molecule has 3 aromatic heterocycles. The number of fused-ring (bicyclic) bond motifs is 2. The van der Waals surface area contributed by atoms with E-state index < -0.39 is 17.8 Å². The number of thioether (sulfide) groups is 1. The number of ether oxygens (including phenoxy) is 2. The maximum Gasteiger partial charge on any atom is 0.226 e. The third kappa shape index (κ3) is 5.01. The number of amides is 1. The SMILES string of the molecule is CCCSc1nc(NC2CC2)c2nnn(C3CC(C(=O)NCc4ccncc4)C4OC(C)(C)OC43)c2n1. The Hall–Kier alpha value is -2.83. The molecule has 6 rings (SSSR count). The Morgan fingerprint density at radius 3 is 2.73 bits per heavy atom. The van der Waals surface area contributed by atoms with Gasteiger partial charge in [-0.3, -0.25) is 9.78 Å². The van der Waals surface area contributed by atoms with Crippen molar-refractivity contribution in [2.45, 2.75) is 88.2 Å². The van der Waals surface area contributed by atoms with E-state index in [2.05, 4.69) is 32.9 Å². The van der Waals surface area contributed by atoms with E-state index >= 15 is 0 Å². The van der Waals surface area contributed by atoms with E-state index in [1.807, 2.05) is 30.7 Å². The van der Waals surface area contributed by atoms with Gasteiger partial charge in [-0.1, -0.05) is 23.9 Å². The highest BCUT2D eigenvalue weighted by Crippen LogP contribution is 2.47. The molecule has 37 heavy (non-hydrogen) atoms. The van der Waals surface area contributed by atoms with Crippen LogP contribution >= 0.6 is 11.8 Å². The molecule has 2 aliphatic carbocycles. The lowest BCUT2D eigenvalue weighted by molar-refractivity contribution is -0.163. The molecule has 0 radical (unpaired) electrons. The molecule has 3 aliphatic rings. The lowest BCUT2D eigenvalue weighted by Gasteiger charge is -2.23. The van der Waals surface area contributed by atoms with Crippen LogP contribution in [0.15, 0.2) is 29.7 Å². The van der Waals surface area contributed by atoms with Crippen LogP contribution in [0, 0.1) is 5.92 Å². The van der Waals surface area contributed by atoms with Gasteiger partial charge in [0.2, 0.25) is 5.91 Å². The molecule has 3 aromatic rings. The molecule has 0 aromatic carbocycles. The third-order valence-electron chi connectivity index (χ3n) is 6.96. The molecule has 0 bridgehead atoms. The first-order chi connectivity index (χ1) is 17.9. The van der Waals surface area contributed by atoms with Gasteiger partial charge in [0, 0.05) is 30.7 Å². The Labute approximate surface area is 219 Å². The first-order valence-electron chi connectivity index (χ1n) is 13.0. The number of hydrogen-bond donors (Lipinski definition) is 2. The second kappa shape index (κ2) is 9.80. The van der Waals surface area contributed by atoms with E-state index in [-0.39, 0.29) is 18.1 Å². The molecule has 1 amide bonds. The van der Waals surface area contributed by atoms with Crippen LogP contribution in [0.25, 0.3) is 11.2 Å². The topological polar surface area (TPSA) is 129 Å². The first-order valence-corrected chi connectivity index (χ1v) is 13.9. The lowest BCUT2D eigenvalue weighted by atomic mass is 10.0. The van der Waals surface area contributed by atoms with Crippen molar-refractivity contribution in [2.24, 2.45) is 5.92 Å². The Morgan fingerprint density at radius 2 is 1.97 bits per heavy atom. The number of hydrogen-bond acceptors (Lipinski definition) is 10. The lowest BCUT2D eigenvalue weighted by Crippen LogP contribution is -2.37. The summed E-state index contributed by atoms with van der Waals surface area (Å²) in [4.78, 5) is 27.0. The molecule has 0 spiro atoms. The third-order valence-corrected chi connectivity index (χ3v) is 8.01. The summed E-state index contributed by atoms with van der Waals surface area (Å²) >= 11 is 1.63. The minimum Gasteiger partial charge on any atom is -0.365 e. The molecule has 196 valence electrons. The normalized spacial score (nSPS) is 26.4. The molecule has 2 N–H and O–H groups in total. The molecule has 4 atom stereocenters. The Balaban J connectivity index is 1.30. The van der Waals surface area contributed by atoms with E-state index in [9.17, 15) is 4.79 Å². The highest BCUT2D eigenvalue weighted by Gasteiger charge is 2.57. The van der Waals surface area contributed by atoms with Gasteiger partial charge in [-0.25, -0.2) is 14.6 Å². The number of aromatic nitrogens is 6. The molecule has 1 saturated heterocycles. The summed E-state index contributed by atoms with van der Waals surface area (Å²) < 4.78 is 14.4. The van der Waals surface area contributed by atoms with Gasteiger partial charge in [0.1, 0.15) is 12.2 Å². The maximum absolute atomic E-state index is 13.4. The number of anilines is 1. The average molecular weight is 525 g/mol. The van der Waals surface area contributed by atoms with Crippen molar-refractivity contribution < 1.29 is 14.3 Å². The second-order valence-corrected chi connectivity index (χ2v) is 11.4.